The average Bonchev–Trinajstić information content (AvgIpc) is 2.27. The second-order valence-corrected chi connectivity index (χ2v) is 4.65. The van der Waals surface area contributed by atoms with Crippen LogP contribution in [-0.2, 0) is 9.59 Å². The molecule has 1 aliphatic heterocycles. The van der Waals surface area contributed by atoms with E-state index < -0.39 is 11.9 Å². The number of carboxylic acid groups (broad SMARTS) is 1. The first-order chi connectivity index (χ1) is 7.18. The molecule has 0 aromatic heterocycles. The molecule has 2 rings (SSSR count). The van der Waals surface area contributed by atoms with Crippen molar-refractivity contribution >= 4 is 11.9 Å². The molecule has 15 heavy (non-hydrogen) atoms. The van der Waals surface area contributed by atoms with Gasteiger partial charge >= 0.3 is 11.9 Å². The average molecular weight is 211 g/mol. The van der Waals surface area contributed by atoms with Gasteiger partial charge in [0.25, 0.3) is 0 Å². The van der Waals surface area contributed by atoms with Crippen LogP contribution in [0.1, 0.15) is 32.1 Å². The molecule has 4 heteroatoms. The molecule has 0 aromatic carbocycles. The molecule has 2 unspecified atom stereocenters. The van der Waals surface area contributed by atoms with E-state index in [-0.39, 0.29) is 0 Å². The third-order valence-corrected chi connectivity index (χ3v) is 3.76. The van der Waals surface area contributed by atoms with Crippen LogP contribution < -0.4 is 0 Å². The number of piperidine rings is 1. The molecule has 0 bridgehead atoms. The predicted molar refractivity (Wildman–Crippen MR) is 54.3 cm³/mol. The summed E-state index contributed by atoms with van der Waals surface area (Å²) in [6.45, 7) is 1.29. The lowest BCUT2D eigenvalue weighted by molar-refractivity contribution is -0.157. The van der Waals surface area contributed by atoms with Crippen molar-refractivity contribution in [3.8, 4) is 0 Å². The molecule has 1 saturated carbocycles. The van der Waals surface area contributed by atoms with Crippen LogP contribution in [0.3, 0.4) is 0 Å². The molecule has 1 amide bonds. The summed E-state index contributed by atoms with van der Waals surface area (Å²) >= 11 is 0. The summed E-state index contributed by atoms with van der Waals surface area (Å²) in [5, 5.41) is 8.64. The molecule has 4 nitrogen and oxygen atoms in total. The van der Waals surface area contributed by atoms with Gasteiger partial charge in [-0.25, -0.2) is 4.79 Å². The molecule has 1 saturated heterocycles. The van der Waals surface area contributed by atoms with Crippen molar-refractivity contribution in [1.82, 2.24) is 4.90 Å². The van der Waals surface area contributed by atoms with Crippen LogP contribution in [0.25, 0.3) is 0 Å². The Labute approximate surface area is 89.3 Å². The summed E-state index contributed by atoms with van der Waals surface area (Å²) in [6.07, 6.45) is 5.95. The summed E-state index contributed by atoms with van der Waals surface area (Å²) in [5.74, 6) is -0.754. The number of aliphatic carboxylic acids is 1. The van der Waals surface area contributed by atoms with Gasteiger partial charge in [0.2, 0.25) is 0 Å². The number of nitrogens with zero attached hydrogens (tertiary/aromatic N) is 1. The predicted octanol–water partition coefficient (Wildman–Crippen LogP) is 1.11. The highest BCUT2D eigenvalue weighted by Gasteiger charge is 2.34. The van der Waals surface area contributed by atoms with Gasteiger partial charge in [0.05, 0.1) is 0 Å². The Hall–Kier alpha value is -1.06. The third-order valence-electron chi connectivity index (χ3n) is 3.76. The fourth-order valence-electron chi connectivity index (χ4n) is 2.92. The first-order valence-electron chi connectivity index (χ1n) is 5.70. The fourth-order valence-corrected chi connectivity index (χ4v) is 2.92. The highest BCUT2D eigenvalue weighted by molar-refractivity contribution is 6.31. The summed E-state index contributed by atoms with van der Waals surface area (Å²) in [5.41, 5.74) is 0. The number of carbonyl (C=O) groups excluding carboxylic acids is 1. The number of amides is 1. The number of carboxylic acids is 1. The molecular weight excluding hydrogens is 194 g/mol. The van der Waals surface area contributed by atoms with Crippen LogP contribution in [0.15, 0.2) is 0 Å². The van der Waals surface area contributed by atoms with Crippen LogP contribution in [0, 0.1) is 11.8 Å². The Morgan fingerprint density at radius 1 is 1.07 bits per heavy atom. The van der Waals surface area contributed by atoms with Crippen molar-refractivity contribution in [1.29, 1.82) is 0 Å². The fraction of sp³-hybridized carbons (Fsp3) is 0.818. The van der Waals surface area contributed by atoms with Gasteiger partial charge in [-0.3, -0.25) is 4.79 Å². The summed E-state index contributed by atoms with van der Waals surface area (Å²) in [6, 6.07) is 0. The van der Waals surface area contributed by atoms with E-state index in [0.717, 1.165) is 18.8 Å². The molecule has 0 spiro atoms. The summed E-state index contributed by atoms with van der Waals surface area (Å²) in [4.78, 5) is 23.4. The van der Waals surface area contributed by atoms with Crippen molar-refractivity contribution in [2.75, 3.05) is 13.1 Å². The van der Waals surface area contributed by atoms with Gasteiger partial charge in [-0.05, 0) is 24.7 Å². The second kappa shape index (κ2) is 4.21. The first-order valence-corrected chi connectivity index (χ1v) is 5.70. The monoisotopic (exact) mass is 211 g/mol. The van der Waals surface area contributed by atoms with Crippen LogP contribution >= 0.6 is 0 Å². The number of likely N-dealkylation sites (tertiary alicyclic amines) is 1. The number of hydrogen-bond donors (Lipinski definition) is 1. The maximum absolute atomic E-state index is 11.3. The van der Waals surface area contributed by atoms with Gasteiger partial charge in [0.15, 0.2) is 0 Å². The van der Waals surface area contributed by atoms with E-state index in [0.29, 0.717) is 19.0 Å². The quantitative estimate of drug-likeness (QED) is 0.611. The zero-order valence-electron chi connectivity index (χ0n) is 8.82. The molecule has 2 fully saturated rings. The second-order valence-electron chi connectivity index (χ2n) is 4.65. The SMILES string of the molecule is O=C(O)C(=O)N1CCC2CCCCC2C1. The molecule has 1 aliphatic carbocycles. The standard InChI is InChI=1S/C11H17NO3/c13-10(11(14)15)12-6-5-8-3-1-2-4-9(8)7-12/h8-9H,1-7H2,(H,14,15). The molecule has 1 heterocycles. The minimum absolute atomic E-state index is 0.552. The Morgan fingerprint density at radius 2 is 1.73 bits per heavy atom. The zero-order chi connectivity index (χ0) is 10.8. The molecule has 84 valence electrons. The van der Waals surface area contributed by atoms with E-state index in [4.69, 9.17) is 5.11 Å². The van der Waals surface area contributed by atoms with E-state index >= 15 is 0 Å². The molecule has 1 N–H and O–H groups in total. The van der Waals surface area contributed by atoms with E-state index in [9.17, 15) is 9.59 Å². The van der Waals surface area contributed by atoms with E-state index in [2.05, 4.69) is 0 Å². The van der Waals surface area contributed by atoms with Crippen molar-refractivity contribution in [2.45, 2.75) is 32.1 Å². The van der Waals surface area contributed by atoms with Gasteiger partial charge < -0.3 is 10.0 Å². The topological polar surface area (TPSA) is 57.6 Å². The maximum Gasteiger partial charge on any atom is 0.394 e. The Bertz CT molecular complexity index is 277. The highest BCUT2D eigenvalue weighted by Crippen LogP contribution is 2.35. The normalized spacial score (nSPS) is 30.8. The van der Waals surface area contributed by atoms with Gasteiger partial charge in [-0.15, -0.1) is 0 Å². The molecule has 0 radical (unpaired) electrons. The number of rotatable bonds is 0. The Balaban J connectivity index is 1.96. The van der Waals surface area contributed by atoms with Crippen molar-refractivity contribution in [3.05, 3.63) is 0 Å². The smallest absolute Gasteiger partial charge is 0.394 e. The Kier molecular flexibility index (Phi) is 2.93. The molecule has 0 aromatic rings. The molecule has 2 atom stereocenters. The van der Waals surface area contributed by atoms with E-state index in [1.54, 1.807) is 0 Å². The lowest BCUT2D eigenvalue weighted by Crippen LogP contribution is -2.47. The van der Waals surface area contributed by atoms with Crippen LogP contribution in [0.5, 0.6) is 0 Å². The highest BCUT2D eigenvalue weighted by atomic mass is 16.4. The van der Waals surface area contributed by atoms with Crippen LogP contribution in [0.4, 0.5) is 0 Å². The van der Waals surface area contributed by atoms with Crippen molar-refractivity contribution in [2.24, 2.45) is 11.8 Å². The van der Waals surface area contributed by atoms with Gasteiger partial charge in [0.1, 0.15) is 0 Å². The minimum atomic E-state index is -1.32. The van der Waals surface area contributed by atoms with Gasteiger partial charge in [-0.1, -0.05) is 19.3 Å². The number of fused-ring (bicyclic) bond motifs is 1. The number of hydrogen-bond acceptors (Lipinski definition) is 2. The van der Waals surface area contributed by atoms with E-state index in [1.165, 1.54) is 24.2 Å². The first kappa shape index (κ1) is 10.5. The lowest BCUT2D eigenvalue weighted by atomic mass is 9.75. The summed E-state index contributed by atoms with van der Waals surface area (Å²) in [7, 11) is 0. The lowest BCUT2D eigenvalue weighted by Gasteiger charge is -2.40. The molecule has 2 aliphatic rings. The summed E-state index contributed by atoms with van der Waals surface area (Å²) < 4.78 is 0. The third kappa shape index (κ3) is 2.13. The van der Waals surface area contributed by atoms with Crippen LogP contribution in [-0.4, -0.2) is 35.0 Å². The van der Waals surface area contributed by atoms with Gasteiger partial charge in [0, 0.05) is 13.1 Å². The van der Waals surface area contributed by atoms with Crippen molar-refractivity contribution < 1.29 is 14.7 Å². The van der Waals surface area contributed by atoms with Crippen molar-refractivity contribution in [3.63, 3.8) is 0 Å². The maximum atomic E-state index is 11.3. The van der Waals surface area contributed by atoms with Gasteiger partial charge in [-0.2, -0.15) is 0 Å². The van der Waals surface area contributed by atoms with Crippen LogP contribution in [0.2, 0.25) is 0 Å². The zero-order valence-corrected chi connectivity index (χ0v) is 8.82. The van der Waals surface area contributed by atoms with E-state index in [1.807, 2.05) is 0 Å². The Morgan fingerprint density at radius 3 is 2.40 bits per heavy atom. The number of carbonyl (C=O) groups is 2. The minimum Gasteiger partial charge on any atom is -0.474 e. The largest absolute Gasteiger partial charge is 0.474 e. The molecular formula is C11H17NO3.